The minimum absolute atomic E-state index is 0.0125. The lowest BCUT2D eigenvalue weighted by Crippen LogP contribution is -2.47. The van der Waals surface area contributed by atoms with Crippen LogP contribution in [0.2, 0.25) is 0 Å². The Morgan fingerprint density at radius 3 is 2.46 bits per heavy atom. The molecule has 0 spiro atoms. The molecule has 0 atom stereocenters. The van der Waals surface area contributed by atoms with Crippen LogP contribution in [0.4, 0.5) is 0 Å². The number of nitrogens with one attached hydrogen (secondary N) is 1. The first-order valence-electron chi connectivity index (χ1n) is 8.64. The zero-order chi connectivity index (χ0) is 19.2. The Morgan fingerprint density at radius 1 is 1.15 bits per heavy atom. The van der Waals surface area contributed by atoms with E-state index in [1.807, 2.05) is 64.1 Å². The Bertz CT molecular complexity index is 735. The van der Waals surface area contributed by atoms with E-state index >= 15 is 0 Å². The molecule has 1 heterocycles. The molecule has 0 unspecified atom stereocenters. The van der Waals surface area contributed by atoms with Crippen LogP contribution >= 0.6 is 11.8 Å². The maximum Gasteiger partial charge on any atom is 0.290 e. The summed E-state index contributed by atoms with van der Waals surface area (Å²) >= 11 is 1.64. The summed E-state index contributed by atoms with van der Waals surface area (Å²) in [5, 5.41) is 2.88. The Balaban J connectivity index is 2.03. The Kier molecular flexibility index (Phi) is 6.91. The average molecular weight is 375 g/mol. The molecule has 2 aromatic rings. The molecule has 0 aliphatic carbocycles. The van der Waals surface area contributed by atoms with Crippen LogP contribution in [-0.2, 0) is 10.5 Å². The Hall–Kier alpha value is -2.21. The summed E-state index contributed by atoms with van der Waals surface area (Å²) in [6.45, 7) is 8.03. The molecule has 0 bridgehead atoms. The van der Waals surface area contributed by atoms with Gasteiger partial charge in [0.15, 0.2) is 5.76 Å². The van der Waals surface area contributed by atoms with E-state index in [-0.39, 0.29) is 23.9 Å². The van der Waals surface area contributed by atoms with Crippen LogP contribution in [0.3, 0.4) is 0 Å². The Morgan fingerprint density at radius 2 is 1.85 bits per heavy atom. The van der Waals surface area contributed by atoms with Gasteiger partial charge < -0.3 is 14.6 Å². The minimum atomic E-state index is -0.332. The molecular formula is C20H26N2O3S. The van der Waals surface area contributed by atoms with Gasteiger partial charge in [0.25, 0.3) is 5.91 Å². The average Bonchev–Trinajstić information content (AvgIpc) is 3.05. The summed E-state index contributed by atoms with van der Waals surface area (Å²) in [6.07, 6.45) is 1.52. The number of thioether (sulfide) groups is 1. The van der Waals surface area contributed by atoms with Gasteiger partial charge in [-0.25, -0.2) is 0 Å². The molecule has 1 aromatic carbocycles. The molecule has 5 nitrogen and oxygen atoms in total. The van der Waals surface area contributed by atoms with Crippen molar-refractivity contribution in [3.05, 3.63) is 54.0 Å². The van der Waals surface area contributed by atoms with E-state index in [2.05, 4.69) is 5.32 Å². The van der Waals surface area contributed by atoms with Crippen molar-refractivity contribution in [2.24, 2.45) is 0 Å². The van der Waals surface area contributed by atoms with Crippen LogP contribution < -0.4 is 5.32 Å². The topological polar surface area (TPSA) is 62.6 Å². The van der Waals surface area contributed by atoms with E-state index in [1.165, 1.54) is 11.2 Å². The largest absolute Gasteiger partial charge is 0.459 e. The predicted octanol–water partition coefficient (Wildman–Crippen LogP) is 3.95. The fourth-order valence-electron chi connectivity index (χ4n) is 2.42. The third kappa shape index (κ3) is 5.95. The van der Waals surface area contributed by atoms with Gasteiger partial charge in [0.1, 0.15) is 0 Å². The highest BCUT2D eigenvalue weighted by atomic mass is 32.2. The standard InChI is InChI=1S/C20H26N2O3S/c1-5-22(13-17(23)21-20(2,3)4)19(24)18-15(11-12-25-18)14-26-16-9-7-6-8-10-16/h6-12H,5,13-14H2,1-4H3,(H,21,23). The van der Waals surface area contributed by atoms with E-state index in [0.717, 1.165) is 10.5 Å². The zero-order valence-electron chi connectivity index (χ0n) is 15.7. The smallest absolute Gasteiger partial charge is 0.290 e. The van der Waals surface area contributed by atoms with Crippen LogP contribution in [0.15, 0.2) is 52.0 Å². The van der Waals surface area contributed by atoms with E-state index < -0.39 is 0 Å². The first kappa shape index (κ1) is 20.1. The molecule has 0 fully saturated rings. The van der Waals surface area contributed by atoms with Crippen molar-refractivity contribution >= 4 is 23.6 Å². The summed E-state index contributed by atoms with van der Waals surface area (Å²) < 4.78 is 5.44. The molecule has 6 heteroatoms. The van der Waals surface area contributed by atoms with Gasteiger partial charge in [-0.15, -0.1) is 11.8 Å². The molecule has 140 valence electrons. The second kappa shape index (κ2) is 8.94. The van der Waals surface area contributed by atoms with Gasteiger partial charge in [-0.1, -0.05) is 18.2 Å². The lowest BCUT2D eigenvalue weighted by molar-refractivity contribution is -0.123. The maximum absolute atomic E-state index is 12.8. The van der Waals surface area contributed by atoms with Crippen LogP contribution in [0.1, 0.15) is 43.8 Å². The molecule has 1 N–H and O–H groups in total. The van der Waals surface area contributed by atoms with Crippen molar-refractivity contribution in [3.8, 4) is 0 Å². The first-order chi connectivity index (χ1) is 12.3. The monoisotopic (exact) mass is 374 g/mol. The number of nitrogens with zero attached hydrogens (tertiary/aromatic N) is 1. The first-order valence-corrected chi connectivity index (χ1v) is 9.63. The summed E-state index contributed by atoms with van der Waals surface area (Å²) in [5.41, 5.74) is 0.500. The summed E-state index contributed by atoms with van der Waals surface area (Å²) in [6, 6.07) is 11.8. The van der Waals surface area contributed by atoms with Gasteiger partial charge in [-0.2, -0.15) is 0 Å². The molecule has 0 saturated heterocycles. The number of rotatable bonds is 7. The molecule has 0 aliphatic heterocycles. The van der Waals surface area contributed by atoms with Gasteiger partial charge in [-0.05, 0) is 45.9 Å². The zero-order valence-corrected chi connectivity index (χ0v) is 16.6. The number of likely N-dealkylation sites (N-methyl/N-ethyl adjacent to an activating group) is 1. The Labute approximate surface area is 159 Å². The summed E-state index contributed by atoms with van der Waals surface area (Å²) in [7, 11) is 0. The lowest BCUT2D eigenvalue weighted by atomic mass is 10.1. The minimum Gasteiger partial charge on any atom is -0.459 e. The predicted molar refractivity (Wildman–Crippen MR) is 104 cm³/mol. The molecule has 2 rings (SSSR count). The molecular weight excluding hydrogens is 348 g/mol. The number of benzene rings is 1. The quantitative estimate of drug-likeness (QED) is 0.746. The van der Waals surface area contributed by atoms with Crippen molar-refractivity contribution in [1.82, 2.24) is 10.2 Å². The number of carbonyl (C=O) groups is 2. The van der Waals surface area contributed by atoms with Crippen molar-refractivity contribution in [2.75, 3.05) is 13.1 Å². The molecule has 26 heavy (non-hydrogen) atoms. The third-order valence-electron chi connectivity index (χ3n) is 3.60. The van der Waals surface area contributed by atoms with E-state index in [0.29, 0.717) is 18.1 Å². The van der Waals surface area contributed by atoms with E-state index in [4.69, 9.17) is 4.42 Å². The van der Waals surface area contributed by atoms with Crippen LogP contribution in [0.5, 0.6) is 0 Å². The number of hydrogen-bond donors (Lipinski definition) is 1. The highest BCUT2D eigenvalue weighted by Gasteiger charge is 2.24. The summed E-state index contributed by atoms with van der Waals surface area (Å²) in [5.74, 6) is 0.497. The van der Waals surface area contributed by atoms with E-state index in [1.54, 1.807) is 11.8 Å². The molecule has 2 amide bonds. The second-order valence-corrected chi connectivity index (χ2v) is 8.04. The fourth-order valence-corrected chi connectivity index (χ4v) is 3.32. The van der Waals surface area contributed by atoms with Crippen LogP contribution in [0.25, 0.3) is 0 Å². The van der Waals surface area contributed by atoms with Gasteiger partial charge >= 0.3 is 0 Å². The van der Waals surface area contributed by atoms with Gasteiger partial charge in [0, 0.05) is 28.3 Å². The second-order valence-electron chi connectivity index (χ2n) is 6.99. The van der Waals surface area contributed by atoms with Crippen molar-refractivity contribution < 1.29 is 14.0 Å². The van der Waals surface area contributed by atoms with Gasteiger partial charge in [0.05, 0.1) is 12.8 Å². The van der Waals surface area contributed by atoms with Crippen molar-refractivity contribution in [1.29, 1.82) is 0 Å². The maximum atomic E-state index is 12.8. The van der Waals surface area contributed by atoms with Crippen LogP contribution in [-0.4, -0.2) is 35.3 Å². The highest BCUT2D eigenvalue weighted by Crippen LogP contribution is 2.25. The molecule has 1 aromatic heterocycles. The number of carbonyl (C=O) groups excluding carboxylic acids is 2. The van der Waals surface area contributed by atoms with Crippen molar-refractivity contribution in [3.63, 3.8) is 0 Å². The van der Waals surface area contributed by atoms with Gasteiger partial charge in [0.2, 0.25) is 5.91 Å². The summed E-state index contributed by atoms with van der Waals surface area (Å²) in [4.78, 5) is 27.6. The SMILES string of the molecule is CCN(CC(=O)NC(C)(C)C)C(=O)c1occc1CSc1ccccc1. The third-order valence-corrected chi connectivity index (χ3v) is 4.66. The highest BCUT2D eigenvalue weighted by molar-refractivity contribution is 7.98. The van der Waals surface area contributed by atoms with E-state index in [9.17, 15) is 9.59 Å². The van der Waals surface area contributed by atoms with Crippen LogP contribution in [0, 0.1) is 0 Å². The number of amides is 2. The lowest BCUT2D eigenvalue weighted by Gasteiger charge is -2.24. The number of furan rings is 1. The normalized spacial score (nSPS) is 11.2. The number of hydrogen-bond acceptors (Lipinski definition) is 4. The molecule has 0 saturated carbocycles. The molecule has 0 aliphatic rings. The fraction of sp³-hybridized carbons (Fsp3) is 0.400. The van der Waals surface area contributed by atoms with Gasteiger partial charge in [-0.3, -0.25) is 9.59 Å². The molecule has 0 radical (unpaired) electrons. The van der Waals surface area contributed by atoms with Crippen molar-refractivity contribution in [2.45, 2.75) is 43.9 Å².